The standard InChI is InChI=1S/C14H12BrNO/c1-10-9-16-6-5-13(10)14(17)8-11-3-2-4-12(15)7-11/h2-7,9H,8H2,1H3. The molecule has 0 N–H and O–H groups in total. The Kier molecular flexibility index (Phi) is 3.69. The molecule has 0 aliphatic rings. The number of ketones is 1. The minimum atomic E-state index is 0.128. The van der Waals surface area contributed by atoms with Crippen LogP contribution in [-0.4, -0.2) is 10.8 Å². The van der Waals surface area contributed by atoms with Crippen LogP contribution >= 0.6 is 15.9 Å². The van der Waals surface area contributed by atoms with Crippen LogP contribution in [0.25, 0.3) is 0 Å². The van der Waals surface area contributed by atoms with Crippen molar-refractivity contribution in [1.29, 1.82) is 0 Å². The average Bonchev–Trinajstić information content (AvgIpc) is 2.29. The summed E-state index contributed by atoms with van der Waals surface area (Å²) in [6.45, 7) is 1.90. The van der Waals surface area contributed by atoms with Crippen LogP contribution in [0.5, 0.6) is 0 Å². The van der Waals surface area contributed by atoms with Crippen molar-refractivity contribution in [2.75, 3.05) is 0 Å². The first-order valence-corrected chi connectivity index (χ1v) is 6.14. The fraction of sp³-hybridized carbons (Fsp3) is 0.143. The highest BCUT2D eigenvalue weighted by Gasteiger charge is 2.09. The van der Waals surface area contributed by atoms with Gasteiger partial charge in [-0.1, -0.05) is 28.1 Å². The van der Waals surface area contributed by atoms with Gasteiger partial charge in [-0.05, 0) is 36.2 Å². The Morgan fingerprint density at radius 1 is 1.35 bits per heavy atom. The molecule has 3 heteroatoms. The van der Waals surface area contributed by atoms with E-state index < -0.39 is 0 Å². The molecular weight excluding hydrogens is 278 g/mol. The van der Waals surface area contributed by atoms with Crippen LogP contribution in [0, 0.1) is 6.92 Å². The third-order valence-corrected chi connectivity index (χ3v) is 3.07. The molecule has 0 amide bonds. The van der Waals surface area contributed by atoms with E-state index in [0.717, 1.165) is 21.2 Å². The molecule has 2 rings (SSSR count). The number of carbonyl (C=O) groups is 1. The molecule has 0 spiro atoms. The van der Waals surface area contributed by atoms with Crippen molar-refractivity contribution in [2.24, 2.45) is 0 Å². The highest BCUT2D eigenvalue weighted by molar-refractivity contribution is 9.10. The minimum absolute atomic E-state index is 0.128. The second-order valence-electron chi connectivity index (χ2n) is 3.92. The van der Waals surface area contributed by atoms with Crippen molar-refractivity contribution < 1.29 is 4.79 Å². The van der Waals surface area contributed by atoms with Gasteiger partial charge in [0.25, 0.3) is 0 Å². The smallest absolute Gasteiger partial charge is 0.167 e. The van der Waals surface area contributed by atoms with Crippen LogP contribution in [0.4, 0.5) is 0 Å². The van der Waals surface area contributed by atoms with Gasteiger partial charge in [0.15, 0.2) is 5.78 Å². The number of benzene rings is 1. The van der Waals surface area contributed by atoms with E-state index in [-0.39, 0.29) is 5.78 Å². The molecule has 0 saturated carbocycles. The lowest BCUT2D eigenvalue weighted by Gasteiger charge is -2.04. The van der Waals surface area contributed by atoms with Gasteiger partial charge < -0.3 is 0 Å². The number of aryl methyl sites for hydroxylation is 1. The Labute approximate surface area is 109 Å². The van der Waals surface area contributed by atoms with E-state index in [9.17, 15) is 4.79 Å². The summed E-state index contributed by atoms with van der Waals surface area (Å²) in [6, 6.07) is 9.58. The van der Waals surface area contributed by atoms with Gasteiger partial charge in [0, 0.05) is 28.9 Å². The monoisotopic (exact) mass is 289 g/mol. The Bertz CT molecular complexity index is 551. The molecule has 86 valence electrons. The number of hydrogen-bond acceptors (Lipinski definition) is 2. The van der Waals surface area contributed by atoms with Crippen molar-refractivity contribution in [2.45, 2.75) is 13.3 Å². The van der Waals surface area contributed by atoms with Crippen molar-refractivity contribution >= 4 is 21.7 Å². The van der Waals surface area contributed by atoms with Gasteiger partial charge in [-0.25, -0.2) is 0 Å². The second-order valence-corrected chi connectivity index (χ2v) is 4.84. The lowest BCUT2D eigenvalue weighted by atomic mass is 10.0. The van der Waals surface area contributed by atoms with Gasteiger partial charge >= 0.3 is 0 Å². The zero-order chi connectivity index (χ0) is 12.3. The third kappa shape index (κ3) is 3.01. The Balaban J connectivity index is 2.20. The summed E-state index contributed by atoms with van der Waals surface area (Å²) in [4.78, 5) is 16.1. The van der Waals surface area contributed by atoms with Gasteiger partial charge in [-0.15, -0.1) is 0 Å². The summed E-state index contributed by atoms with van der Waals surface area (Å²) in [5.74, 6) is 0.128. The molecule has 1 heterocycles. The maximum atomic E-state index is 12.1. The SMILES string of the molecule is Cc1cnccc1C(=O)Cc1cccc(Br)c1. The maximum Gasteiger partial charge on any atom is 0.167 e. The van der Waals surface area contributed by atoms with Gasteiger partial charge in [-0.3, -0.25) is 9.78 Å². The first-order chi connectivity index (χ1) is 8.16. The molecule has 2 aromatic rings. The molecular formula is C14H12BrNO. The molecule has 0 atom stereocenters. The predicted molar refractivity (Wildman–Crippen MR) is 71.2 cm³/mol. The van der Waals surface area contributed by atoms with Crippen LogP contribution < -0.4 is 0 Å². The second kappa shape index (κ2) is 5.23. The third-order valence-electron chi connectivity index (χ3n) is 2.57. The lowest BCUT2D eigenvalue weighted by Crippen LogP contribution is -2.05. The van der Waals surface area contributed by atoms with E-state index >= 15 is 0 Å². The molecule has 0 unspecified atom stereocenters. The number of rotatable bonds is 3. The fourth-order valence-corrected chi connectivity index (χ4v) is 2.16. The summed E-state index contributed by atoms with van der Waals surface area (Å²) in [5.41, 5.74) is 2.69. The van der Waals surface area contributed by atoms with E-state index in [1.807, 2.05) is 31.2 Å². The molecule has 0 bridgehead atoms. The van der Waals surface area contributed by atoms with E-state index in [1.165, 1.54) is 0 Å². The molecule has 17 heavy (non-hydrogen) atoms. The fourth-order valence-electron chi connectivity index (χ4n) is 1.71. The lowest BCUT2D eigenvalue weighted by molar-refractivity contribution is 0.0992. The first-order valence-electron chi connectivity index (χ1n) is 5.35. The van der Waals surface area contributed by atoms with Crippen LogP contribution in [0.3, 0.4) is 0 Å². The van der Waals surface area contributed by atoms with Crippen molar-refractivity contribution in [1.82, 2.24) is 4.98 Å². The minimum Gasteiger partial charge on any atom is -0.294 e. The Hall–Kier alpha value is -1.48. The summed E-state index contributed by atoms with van der Waals surface area (Å²) >= 11 is 3.40. The van der Waals surface area contributed by atoms with Gasteiger partial charge in [0.2, 0.25) is 0 Å². The van der Waals surface area contributed by atoms with Crippen molar-refractivity contribution in [3.63, 3.8) is 0 Å². The molecule has 1 aromatic heterocycles. The Morgan fingerprint density at radius 2 is 2.18 bits per heavy atom. The van der Waals surface area contributed by atoms with Crippen LogP contribution in [-0.2, 0) is 6.42 Å². The summed E-state index contributed by atoms with van der Waals surface area (Å²) < 4.78 is 0.995. The molecule has 0 radical (unpaired) electrons. The summed E-state index contributed by atoms with van der Waals surface area (Å²) in [6.07, 6.45) is 3.79. The molecule has 0 aliphatic carbocycles. The van der Waals surface area contributed by atoms with Crippen LogP contribution in [0.2, 0.25) is 0 Å². The largest absolute Gasteiger partial charge is 0.294 e. The maximum absolute atomic E-state index is 12.1. The highest BCUT2D eigenvalue weighted by Crippen LogP contribution is 2.15. The van der Waals surface area contributed by atoms with E-state index in [0.29, 0.717) is 6.42 Å². The summed E-state index contributed by atoms with van der Waals surface area (Å²) in [7, 11) is 0. The summed E-state index contributed by atoms with van der Waals surface area (Å²) in [5, 5.41) is 0. The van der Waals surface area contributed by atoms with Gasteiger partial charge in [-0.2, -0.15) is 0 Å². The number of halogens is 1. The van der Waals surface area contributed by atoms with E-state index in [1.54, 1.807) is 18.5 Å². The zero-order valence-electron chi connectivity index (χ0n) is 9.48. The molecule has 0 saturated heterocycles. The van der Waals surface area contributed by atoms with E-state index in [2.05, 4.69) is 20.9 Å². The predicted octanol–water partition coefficient (Wildman–Crippen LogP) is 3.58. The van der Waals surface area contributed by atoms with Crippen LogP contribution in [0.1, 0.15) is 21.5 Å². The number of nitrogens with zero attached hydrogens (tertiary/aromatic N) is 1. The first kappa shape index (κ1) is 12.0. The normalized spacial score (nSPS) is 10.2. The number of carbonyl (C=O) groups excluding carboxylic acids is 1. The number of pyridine rings is 1. The number of aromatic nitrogens is 1. The van der Waals surface area contributed by atoms with Gasteiger partial charge in [0.1, 0.15) is 0 Å². The quantitative estimate of drug-likeness (QED) is 0.809. The Morgan fingerprint density at radius 3 is 2.88 bits per heavy atom. The van der Waals surface area contributed by atoms with Crippen molar-refractivity contribution in [3.05, 3.63) is 63.9 Å². The van der Waals surface area contributed by atoms with E-state index in [4.69, 9.17) is 0 Å². The number of hydrogen-bond donors (Lipinski definition) is 0. The zero-order valence-corrected chi connectivity index (χ0v) is 11.1. The molecule has 1 aromatic carbocycles. The van der Waals surface area contributed by atoms with Crippen molar-refractivity contribution in [3.8, 4) is 0 Å². The van der Waals surface area contributed by atoms with Gasteiger partial charge in [0.05, 0.1) is 0 Å². The molecule has 2 nitrogen and oxygen atoms in total. The van der Waals surface area contributed by atoms with Crippen LogP contribution in [0.15, 0.2) is 47.2 Å². The highest BCUT2D eigenvalue weighted by atomic mass is 79.9. The molecule has 0 fully saturated rings. The average molecular weight is 290 g/mol. The number of Topliss-reactive ketones (excluding diaryl/α,β-unsaturated/α-hetero) is 1. The molecule has 0 aliphatic heterocycles. The topological polar surface area (TPSA) is 30.0 Å².